The Kier molecular flexibility index (Phi) is 4.06. The predicted octanol–water partition coefficient (Wildman–Crippen LogP) is 2.78. The van der Waals surface area contributed by atoms with E-state index in [4.69, 9.17) is 9.57 Å². The summed E-state index contributed by atoms with van der Waals surface area (Å²) in [4.78, 5) is 31.3. The fourth-order valence-electron chi connectivity index (χ4n) is 4.58. The molecule has 8 nitrogen and oxygen atoms in total. The predicted molar refractivity (Wildman–Crippen MR) is 108 cm³/mol. The van der Waals surface area contributed by atoms with Gasteiger partial charge in [-0.25, -0.2) is 9.18 Å². The molecule has 30 heavy (non-hydrogen) atoms. The van der Waals surface area contributed by atoms with Gasteiger partial charge in [0.05, 0.1) is 30.3 Å². The van der Waals surface area contributed by atoms with Crippen molar-refractivity contribution < 1.29 is 23.9 Å². The Morgan fingerprint density at radius 2 is 2.07 bits per heavy atom. The number of benzene rings is 1. The summed E-state index contributed by atoms with van der Waals surface area (Å²) in [6.07, 6.45) is 5.03. The fraction of sp³-hybridized carbons (Fsp3) is 0.476. The van der Waals surface area contributed by atoms with Crippen LogP contribution >= 0.6 is 0 Å². The zero-order chi connectivity index (χ0) is 21.2. The number of carboxylic acid groups (broad SMARTS) is 1. The highest BCUT2D eigenvalue weighted by Gasteiger charge is 2.54. The molecule has 2 aliphatic carbocycles. The number of carboxylic acids is 1. The topological polar surface area (TPSA) is 93.4 Å². The number of carbonyl (C=O) groups is 1. The molecule has 1 saturated heterocycles. The fourth-order valence-corrected chi connectivity index (χ4v) is 4.58. The maximum atomic E-state index is 15.4. The summed E-state index contributed by atoms with van der Waals surface area (Å²) in [5.74, 6) is -1.69. The average Bonchev–Trinajstić information content (AvgIpc) is 3.61. The van der Waals surface area contributed by atoms with Crippen molar-refractivity contribution in [2.24, 2.45) is 10.6 Å². The van der Waals surface area contributed by atoms with Crippen LogP contribution in [0.4, 0.5) is 10.1 Å². The molecule has 1 aromatic carbocycles. The van der Waals surface area contributed by atoms with Gasteiger partial charge >= 0.3 is 5.97 Å². The van der Waals surface area contributed by atoms with E-state index in [1.807, 2.05) is 4.90 Å². The standard InChI is InChI=1S/C21H22FN3O5/c1-29-19-16-12(18(26)13(20(27)28)8-25(16)11-3-4-11)7-14(22)17(19)24-9-15(23-30-2)21(10-24)5-6-21/h7-8,11H,3-6,9-10H2,1-2H3,(H,27,28)/b23-15-. The Balaban J connectivity index is 1.75. The molecule has 1 aliphatic heterocycles. The van der Waals surface area contributed by atoms with E-state index in [1.165, 1.54) is 20.4 Å². The molecule has 2 saturated carbocycles. The Labute approximate surface area is 171 Å². The van der Waals surface area contributed by atoms with Crippen LogP contribution in [0.1, 0.15) is 42.1 Å². The van der Waals surface area contributed by atoms with Crippen LogP contribution in [0, 0.1) is 11.2 Å². The second-order valence-electron chi connectivity index (χ2n) is 8.31. The maximum absolute atomic E-state index is 15.4. The third-order valence-electron chi connectivity index (χ3n) is 6.39. The van der Waals surface area contributed by atoms with Gasteiger partial charge in [0.15, 0.2) is 11.6 Å². The lowest BCUT2D eigenvalue weighted by Gasteiger charge is -2.24. The van der Waals surface area contributed by atoms with Crippen molar-refractivity contribution >= 4 is 28.3 Å². The van der Waals surface area contributed by atoms with Crippen LogP contribution in [0.15, 0.2) is 22.2 Å². The third-order valence-corrected chi connectivity index (χ3v) is 6.39. The lowest BCUT2D eigenvalue weighted by atomic mass is 10.1. The van der Waals surface area contributed by atoms with Gasteiger partial charge in [-0.2, -0.15) is 0 Å². The molecule has 0 bridgehead atoms. The number of hydrogen-bond acceptors (Lipinski definition) is 6. The molecular weight excluding hydrogens is 393 g/mol. The van der Waals surface area contributed by atoms with E-state index in [1.54, 1.807) is 4.57 Å². The molecule has 3 aliphatic rings. The van der Waals surface area contributed by atoms with Gasteiger partial charge in [0.1, 0.15) is 18.4 Å². The Morgan fingerprint density at radius 3 is 2.63 bits per heavy atom. The number of hydrogen-bond donors (Lipinski definition) is 1. The summed E-state index contributed by atoms with van der Waals surface area (Å²) in [7, 11) is 2.94. The van der Waals surface area contributed by atoms with E-state index >= 15 is 4.39 Å². The highest BCUT2D eigenvalue weighted by atomic mass is 19.1. The lowest BCUT2D eigenvalue weighted by molar-refractivity contribution is 0.0695. The van der Waals surface area contributed by atoms with E-state index in [-0.39, 0.29) is 33.8 Å². The minimum absolute atomic E-state index is 0.0195. The first kappa shape index (κ1) is 18.9. The normalized spacial score (nSPS) is 20.9. The number of fused-ring (bicyclic) bond motifs is 1. The molecule has 0 unspecified atom stereocenters. The van der Waals surface area contributed by atoms with Crippen molar-refractivity contribution in [1.29, 1.82) is 0 Å². The molecule has 3 fully saturated rings. The SMILES string of the molecule is CO/N=C1/CN(c2c(F)cc3c(=O)c(C(=O)O)cn(C4CC4)c3c2OC)CC12CC2. The molecule has 5 rings (SSSR count). The second kappa shape index (κ2) is 6.45. The molecule has 2 heterocycles. The zero-order valence-electron chi connectivity index (χ0n) is 16.8. The number of nitrogens with zero attached hydrogens (tertiary/aromatic N) is 3. The van der Waals surface area contributed by atoms with Crippen LogP contribution in [-0.2, 0) is 4.84 Å². The molecular formula is C21H22FN3O5. The number of oxime groups is 1. The number of aromatic carboxylic acids is 1. The monoisotopic (exact) mass is 415 g/mol. The minimum Gasteiger partial charge on any atom is -0.492 e. The highest BCUT2D eigenvalue weighted by Crippen LogP contribution is 2.53. The first-order chi connectivity index (χ1) is 14.4. The van der Waals surface area contributed by atoms with Crippen LogP contribution in [0.2, 0.25) is 0 Å². The van der Waals surface area contributed by atoms with Crippen LogP contribution in [0.5, 0.6) is 5.75 Å². The maximum Gasteiger partial charge on any atom is 0.341 e. The van der Waals surface area contributed by atoms with Crippen molar-refractivity contribution in [1.82, 2.24) is 4.57 Å². The van der Waals surface area contributed by atoms with Crippen molar-refractivity contribution in [2.75, 3.05) is 32.2 Å². The molecule has 0 atom stereocenters. The zero-order valence-corrected chi connectivity index (χ0v) is 16.8. The average molecular weight is 415 g/mol. The van der Waals surface area contributed by atoms with Gasteiger partial charge in [-0.1, -0.05) is 5.16 Å². The Hall–Kier alpha value is -3.10. The summed E-state index contributed by atoms with van der Waals surface area (Å²) in [5.41, 5.74) is 0.428. The van der Waals surface area contributed by atoms with Crippen molar-refractivity contribution in [3.63, 3.8) is 0 Å². The van der Waals surface area contributed by atoms with Gasteiger partial charge in [-0.05, 0) is 31.7 Å². The van der Waals surface area contributed by atoms with Crippen molar-refractivity contribution in [3.05, 3.63) is 33.9 Å². The summed E-state index contributed by atoms with van der Waals surface area (Å²) in [6, 6.07) is 1.21. The largest absolute Gasteiger partial charge is 0.492 e. The molecule has 1 N–H and O–H groups in total. The van der Waals surface area contributed by atoms with E-state index in [9.17, 15) is 14.7 Å². The summed E-state index contributed by atoms with van der Waals surface area (Å²) in [5, 5.41) is 13.6. The molecule has 2 aromatic rings. The van der Waals surface area contributed by atoms with Crippen LogP contribution in [0.3, 0.4) is 0 Å². The van der Waals surface area contributed by atoms with Crippen LogP contribution < -0.4 is 15.1 Å². The number of halogens is 1. The Morgan fingerprint density at radius 1 is 1.33 bits per heavy atom. The van der Waals surface area contributed by atoms with E-state index < -0.39 is 17.2 Å². The smallest absolute Gasteiger partial charge is 0.341 e. The number of anilines is 1. The summed E-state index contributed by atoms with van der Waals surface area (Å²) >= 11 is 0. The van der Waals surface area contributed by atoms with E-state index in [0.29, 0.717) is 18.6 Å². The highest BCUT2D eigenvalue weighted by molar-refractivity contribution is 6.02. The first-order valence-electron chi connectivity index (χ1n) is 9.94. The Bertz CT molecular complexity index is 1160. The van der Waals surface area contributed by atoms with Gasteiger partial charge in [-0.3, -0.25) is 4.79 Å². The number of methoxy groups -OCH3 is 1. The molecule has 1 aromatic heterocycles. The lowest BCUT2D eigenvalue weighted by Crippen LogP contribution is -2.24. The summed E-state index contributed by atoms with van der Waals surface area (Å²) in [6.45, 7) is 1.00. The van der Waals surface area contributed by atoms with Crippen LogP contribution in [0.25, 0.3) is 10.9 Å². The van der Waals surface area contributed by atoms with Crippen molar-refractivity contribution in [2.45, 2.75) is 31.7 Å². The minimum atomic E-state index is -1.32. The van der Waals surface area contributed by atoms with Crippen molar-refractivity contribution in [3.8, 4) is 5.75 Å². The van der Waals surface area contributed by atoms with Gasteiger partial charge in [0.25, 0.3) is 0 Å². The number of aromatic nitrogens is 1. The quantitative estimate of drug-likeness (QED) is 0.755. The molecule has 9 heteroatoms. The number of pyridine rings is 1. The number of ether oxygens (including phenoxy) is 1. The summed E-state index contributed by atoms with van der Waals surface area (Å²) < 4.78 is 22.8. The molecule has 0 amide bonds. The van der Waals surface area contributed by atoms with Gasteiger partial charge in [0.2, 0.25) is 5.43 Å². The third kappa shape index (κ3) is 2.68. The first-order valence-corrected chi connectivity index (χ1v) is 9.94. The molecule has 158 valence electrons. The van der Waals surface area contributed by atoms with E-state index in [2.05, 4.69) is 5.16 Å². The van der Waals surface area contributed by atoms with Crippen LogP contribution in [-0.4, -0.2) is 48.7 Å². The molecule has 1 spiro atoms. The molecule has 0 radical (unpaired) electrons. The van der Waals surface area contributed by atoms with E-state index in [0.717, 1.165) is 37.5 Å². The van der Waals surface area contributed by atoms with Gasteiger partial charge in [0, 0.05) is 24.2 Å². The van der Waals surface area contributed by atoms with Gasteiger partial charge < -0.3 is 24.1 Å². The number of rotatable bonds is 5. The van der Waals surface area contributed by atoms with Gasteiger partial charge in [-0.15, -0.1) is 0 Å². The second-order valence-corrected chi connectivity index (χ2v) is 8.31.